The summed E-state index contributed by atoms with van der Waals surface area (Å²) in [7, 11) is 1.57. The third-order valence-electron chi connectivity index (χ3n) is 2.83. The zero-order valence-corrected chi connectivity index (χ0v) is 10.4. The summed E-state index contributed by atoms with van der Waals surface area (Å²) in [6, 6.07) is 7.25. The van der Waals surface area contributed by atoms with Crippen molar-refractivity contribution in [1.29, 1.82) is 0 Å². The van der Waals surface area contributed by atoms with Gasteiger partial charge in [0.05, 0.1) is 18.2 Å². The molecule has 2 N–H and O–H groups in total. The lowest BCUT2D eigenvalue weighted by atomic mass is 10.2. The summed E-state index contributed by atoms with van der Waals surface area (Å²) in [5.74, 6) is 0.814. The van der Waals surface area contributed by atoms with Gasteiger partial charge in [-0.3, -0.25) is 0 Å². The molecule has 0 aliphatic heterocycles. The Morgan fingerprint density at radius 3 is 3.05 bits per heavy atom. The molecule has 0 saturated carbocycles. The number of aromatic nitrogens is 2. The topological polar surface area (TPSA) is 87.3 Å². The van der Waals surface area contributed by atoms with Gasteiger partial charge in [0.1, 0.15) is 11.8 Å². The number of methoxy groups -OCH3 is 1. The SMILES string of the molecule is COCC(N)c1noc(-c2coc3ccccc23)n1. The van der Waals surface area contributed by atoms with Gasteiger partial charge in [0.2, 0.25) is 0 Å². The Kier molecular flexibility index (Phi) is 3.02. The molecule has 3 rings (SSSR count). The van der Waals surface area contributed by atoms with E-state index in [1.807, 2.05) is 24.3 Å². The molecule has 0 amide bonds. The molecule has 2 heterocycles. The molecule has 0 radical (unpaired) electrons. The van der Waals surface area contributed by atoms with Crippen molar-refractivity contribution in [3.05, 3.63) is 36.4 Å². The Balaban J connectivity index is 1.98. The van der Waals surface area contributed by atoms with Crippen molar-refractivity contribution in [2.45, 2.75) is 6.04 Å². The molecule has 6 heteroatoms. The molecule has 98 valence electrons. The van der Waals surface area contributed by atoms with Crippen LogP contribution in [-0.4, -0.2) is 23.9 Å². The predicted molar refractivity (Wildman–Crippen MR) is 68.3 cm³/mol. The Labute approximate surface area is 109 Å². The average molecular weight is 259 g/mol. The van der Waals surface area contributed by atoms with Crippen LogP contribution in [0.4, 0.5) is 0 Å². The number of ether oxygens (including phenoxy) is 1. The van der Waals surface area contributed by atoms with E-state index >= 15 is 0 Å². The number of para-hydroxylation sites is 1. The maximum absolute atomic E-state index is 5.85. The standard InChI is InChI=1S/C13H13N3O3/c1-17-7-10(14)12-15-13(19-16-12)9-6-18-11-5-3-2-4-8(9)11/h2-6,10H,7,14H2,1H3. The first-order valence-corrected chi connectivity index (χ1v) is 5.84. The molecule has 1 aromatic carbocycles. The lowest BCUT2D eigenvalue weighted by Crippen LogP contribution is -2.17. The molecule has 1 atom stereocenters. The summed E-state index contributed by atoms with van der Waals surface area (Å²) in [5, 5.41) is 4.79. The molecule has 2 aromatic heterocycles. The second kappa shape index (κ2) is 4.83. The van der Waals surface area contributed by atoms with Crippen molar-refractivity contribution < 1.29 is 13.7 Å². The molecule has 0 bridgehead atoms. The first-order valence-electron chi connectivity index (χ1n) is 5.84. The Morgan fingerprint density at radius 1 is 1.37 bits per heavy atom. The van der Waals surface area contributed by atoms with Crippen molar-refractivity contribution in [2.75, 3.05) is 13.7 Å². The van der Waals surface area contributed by atoms with E-state index in [2.05, 4.69) is 10.1 Å². The molecule has 0 spiro atoms. The quantitative estimate of drug-likeness (QED) is 0.772. The minimum absolute atomic E-state index is 0.338. The zero-order valence-electron chi connectivity index (χ0n) is 10.4. The third kappa shape index (κ3) is 2.11. The summed E-state index contributed by atoms with van der Waals surface area (Å²) in [6.07, 6.45) is 1.60. The molecule has 0 saturated heterocycles. The number of hydrogen-bond donors (Lipinski definition) is 1. The number of rotatable bonds is 4. The van der Waals surface area contributed by atoms with Gasteiger partial charge in [-0.15, -0.1) is 0 Å². The van der Waals surface area contributed by atoms with E-state index < -0.39 is 6.04 Å². The largest absolute Gasteiger partial charge is 0.463 e. The lowest BCUT2D eigenvalue weighted by molar-refractivity contribution is 0.177. The average Bonchev–Trinajstić information content (AvgIpc) is 3.05. The maximum atomic E-state index is 5.85. The van der Waals surface area contributed by atoms with E-state index in [0.29, 0.717) is 18.3 Å². The van der Waals surface area contributed by atoms with Gasteiger partial charge in [-0.1, -0.05) is 23.4 Å². The maximum Gasteiger partial charge on any atom is 0.261 e. The Hall–Kier alpha value is -2.18. The lowest BCUT2D eigenvalue weighted by Gasteiger charge is -2.02. The number of nitrogens with two attached hydrogens (primary N) is 1. The van der Waals surface area contributed by atoms with Crippen LogP contribution in [0.15, 0.2) is 39.5 Å². The minimum Gasteiger partial charge on any atom is -0.463 e. The molecule has 0 aliphatic carbocycles. The summed E-state index contributed by atoms with van der Waals surface area (Å²) in [4.78, 5) is 4.28. The zero-order chi connectivity index (χ0) is 13.2. The van der Waals surface area contributed by atoms with Crippen LogP contribution >= 0.6 is 0 Å². The van der Waals surface area contributed by atoms with E-state index in [1.165, 1.54) is 0 Å². The fourth-order valence-corrected chi connectivity index (χ4v) is 1.89. The second-order valence-electron chi connectivity index (χ2n) is 4.17. The van der Waals surface area contributed by atoms with E-state index in [4.69, 9.17) is 19.4 Å². The van der Waals surface area contributed by atoms with Crippen molar-refractivity contribution in [3.63, 3.8) is 0 Å². The van der Waals surface area contributed by atoms with Gasteiger partial charge in [-0.2, -0.15) is 4.98 Å². The normalized spacial score (nSPS) is 12.9. The van der Waals surface area contributed by atoms with Crippen LogP contribution in [0.2, 0.25) is 0 Å². The number of nitrogens with zero attached hydrogens (tertiary/aromatic N) is 2. The van der Waals surface area contributed by atoms with Crippen LogP contribution in [-0.2, 0) is 4.74 Å². The van der Waals surface area contributed by atoms with Gasteiger partial charge in [-0.25, -0.2) is 0 Å². The Morgan fingerprint density at radius 2 is 2.21 bits per heavy atom. The molecule has 3 aromatic rings. The number of furan rings is 1. The van der Waals surface area contributed by atoms with Gasteiger partial charge >= 0.3 is 0 Å². The van der Waals surface area contributed by atoms with Gasteiger partial charge in [-0.05, 0) is 6.07 Å². The van der Waals surface area contributed by atoms with Gasteiger partial charge in [0.15, 0.2) is 5.82 Å². The van der Waals surface area contributed by atoms with E-state index in [9.17, 15) is 0 Å². The first kappa shape index (κ1) is 11.9. The highest BCUT2D eigenvalue weighted by molar-refractivity contribution is 5.91. The van der Waals surface area contributed by atoms with Crippen LogP contribution in [0.25, 0.3) is 22.4 Å². The molecule has 0 fully saturated rings. The fraction of sp³-hybridized carbons (Fsp3) is 0.231. The summed E-state index contributed by atoms with van der Waals surface area (Å²) in [6.45, 7) is 0.338. The van der Waals surface area contributed by atoms with Crippen molar-refractivity contribution in [1.82, 2.24) is 10.1 Å². The van der Waals surface area contributed by atoms with E-state index in [0.717, 1.165) is 16.5 Å². The molecule has 19 heavy (non-hydrogen) atoms. The predicted octanol–water partition coefficient (Wildman–Crippen LogP) is 2.13. The third-order valence-corrected chi connectivity index (χ3v) is 2.83. The summed E-state index contributed by atoms with van der Waals surface area (Å²) >= 11 is 0. The minimum atomic E-state index is -0.402. The molecule has 6 nitrogen and oxygen atoms in total. The van der Waals surface area contributed by atoms with Crippen LogP contribution in [0.3, 0.4) is 0 Å². The number of benzene rings is 1. The van der Waals surface area contributed by atoms with Crippen LogP contribution in [0.5, 0.6) is 0 Å². The highest BCUT2D eigenvalue weighted by atomic mass is 16.5. The Bertz CT molecular complexity index is 689. The molecule has 0 aliphatic rings. The van der Waals surface area contributed by atoms with Crippen LogP contribution < -0.4 is 5.73 Å². The van der Waals surface area contributed by atoms with Crippen molar-refractivity contribution in [2.24, 2.45) is 5.73 Å². The summed E-state index contributed by atoms with van der Waals surface area (Å²) in [5.41, 5.74) is 7.39. The fourth-order valence-electron chi connectivity index (χ4n) is 1.89. The molecular formula is C13H13N3O3. The molecule has 1 unspecified atom stereocenters. The van der Waals surface area contributed by atoms with Crippen LogP contribution in [0.1, 0.15) is 11.9 Å². The number of fused-ring (bicyclic) bond motifs is 1. The van der Waals surface area contributed by atoms with Gasteiger partial charge in [0, 0.05) is 12.5 Å². The van der Waals surface area contributed by atoms with Gasteiger partial charge < -0.3 is 19.4 Å². The van der Waals surface area contributed by atoms with Crippen LogP contribution in [0, 0.1) is 0 Å². The molecular weight excluding hydrogens is 246 g/mol. The smallest absolute Gasteiger partial charge is 0.261 e. The highest BCUT2D eigenvalue weighted by Crippen LogP contribution is 2.29. The number of hydrogen-bond acceptors (Lipinski definition) is 6. The van der Waals surface area contributed by atoms with Crippen molar-refractivity contribution in [3.8, 4) is 11.5 Å². The monoisotopic (exact) mass is 259 g/mol. The van der Waals surface area contributed by atoms with Gasteiger partial charge in [0.25, 0.3) is 5.89 Å². The highest BCUT2D eigenvalue weighted by Gasteiger charge is 2.18. The van der Waals surface area contributed by atoms with E-state index in [-0.39, 0.29) is 0 Å². The van der Waals surface area contributed by atoms with Crippen molar-refractivity contribution >= 4 is 11.0 Å². The first-order chi connectivity index (χ1) is 9.29. The second-order valence-corrected chi connectivity index (χ2v) is 4.17. The van der Waals surface area contributed by atoms with E-state index in [1.54, 1.807) is 13.4 Å². The summed E-state index contributed by atoms with van der Waals surface area (Å²) < 4.78 is 15.6.